The highest BCUT2D eigenvalue weighted by Crippen LogP contribution is 2.28. The minimum atomic E-state index is -0.423. The molecular weight excluding hydrogens is 464 g/mol. The molecule has 0 bridgehead atoms. The molecule has 2 amide bonds. The van der Waals surface area contributed by atoms with Crippen LogP contribution in [0.25, 0.3) is 10.9 Å². The summed E-state index contributed by atoms with van der Waals surface area (Å²) in [7, 11) is 3.06. The van der Waals surface area contributed by atoms with Crippen molar-refractivity contribution >= 4 is 23.2 Å². The van der Waals surface area contributed by atoms with Crippen LogP contribution in [0.3, 0.4) is 0 Å². The molecule has 2 aromatic carbocycles. The van der Waals surface area contributed by atoms with E-state index in [9.17, 15) is 19.2 Å². The van der Waals surface area contributed by atoms with Gasteiger partial charge in [-0.05, 0) is 54.7 Å². The quantitative estimate of drug-likeness (QED) is 0.449. The zero-order chi connectivity index (χ0) is 25.8. The lowest BCUT2D eigenvalue weighted by molar-refractivity contribution is -0.119. The molecule has 0 aliphatic carbocycles. The summed E-state index contributed by atoms with van der Waals surface area (Å²) in [6.07, 6.45) is 2.59. The van der Waals surface area contributed by atoms with Crippen LogP contribution in [0, 0.1) is 0 Å². The van der Waals surface area contributed by atoms with Crippen LogP contribution in [0.15, 0.2) is 46.0 Å². The lowest BCUT2D eigenvalue weighted by Crippen LogP contribution is -2.44. The molecule has 4 rings (SSSR count). The number of ether oxygens (including phenoxy) is 2. The summed E-state index contributed by atoms with van der Waals surface area (Å²) in [6.45, 7) is 1.12. The smallest absolute Gasteiger partial charge is 0.332 e. The molecule has 0 unspecified atom stereocenters. The fourth-order valence-electron chi connectivity index (χ4n) is 4.76. The molecule has 1 aromatic heterocycles. The summed E-state index contributed by atoms with van der Waals surface area (Å²) >= 11 is 0. The molecule has 10 nitrogen and oxygen atoms in total. The van der Waals surface area contributed by atoms with Gasteiger partial charge >= 0.3 is 5.69 Å². The Morgan fingerprint density at radius 3 is 2.36 bits per heavy atom. The summed E-state index contributed by atoms with van der Waals surface area (Å²) in [5.74, 6) is 0.623. The molecule has 190 valence electrons. The first-order valence-corrected chi connectivity index (χ1v) is 11.8. The number of fused-ring (bicyclic) bond motifs is 1. The number of carbonyl (C=O) groups excluding carboxylic acids is 2. The number of carbonyl (C=O) groups is 2. The first-order chi connectivity index (χ1) is 17.4. The Balaban J connectivity index is 1.85. The molecule has 2 N–H and O–H groups in total. The Labute approximate surface area is 207 Å². The lowest BCUT2D eigenvalue weighted by atomic mass is 10.0. The van der Waals surface area contributed by atoms with E-state index >= 15 is 0 Å². The first kappa shape index (κ1) is 25.0. The molecule has 1 aliphatic heterocycles. The molecule has 0 radical (unpaired) electrons. The average Bonchev–Trinajstić information content (AvgIpc) is 2.90. The highest BCUT2D eigenvalue weighted by Gasteiger charge is 2.25. The van der Waals surface area contributed by atoms with E-state index in [1.165, 1.54) is 18.8 Å². The second-order valence-electron chi connectivity index (χ2n) is 8.92. The van der Waals surface area contributed by atoms with E-state index in [1.54, 1.807) is 39.8 Å². The summed E-state index contributed by atoms with van der Waals surface area (Å²) < 4.78 is 13.6. The Morgan fingerprint density at radius 1 is 1.03 bits per heavy atom. The summed E-state index contributed by atoms with van der Waals surface area (Å²) in [6, 6.07) is 10.4. The number of benzene rings is 2. The number of aryl methyl sites for hydroxylation is 1. The van der Waals surface area contributed by atoms with Gasteiger partial charge in [-0.15, -0.1) is 0 Å². The first-order valence-electron chi connectivity index (χ1n) is 11.8. The van der Waals surface area contributed by atoms with Crippen molar-refractivity contribution in [3.63, 3.8) is 0 Å². The predicted octanol–water partition coefficient (Wildman–Crippen LogP) is 1.44. The van der Waals surface area contributed by atoms with Gasteiger partial charge in [0.25, 0.3) is 5.56 Å². The molecule has 0 saturated carbocycles. The van der Waals surface area contributed by atoms with E-state index in [0.717, 1.165) is 12.0 Å². The van der Waals surface area contributed by atoms with Crippen molar-refractivity contribution in [3.8, 4) is 11.5 Å². The van der Waals surface area contributed by atoms with Gasteiger partial charge in [0, 0.05) is 25.6 Å². The molecule has 1 fully saturated rings. The largest absolute Gasteiger partial charge is 0.493 e. The Hall–Kier alpha value is -4.08. The second kappa shape index (κ2) is 10.7. The molecule has 10 heteroatoms. The third-order valence-electron chi connectivity index (χ3n) is 6.70. The van der Waals surface area contributed by atoms with E-state index in [1.807, 2.05) is 6.07 Å². The van der Waals surface area contributed by atoms with Crippen molar-refractivity contribution in [3.05, 3.63) is 68.4 Å². The normalized spacial score (nSPS) is 14.1. The molecule has 0 spiro atoms. The van der Waals surface area contributed by atoms with Crippen molar-refractivity contribution in [2.45, 2.75) is 38.3 Å². The fourth-order valence-corrected chi connectivity index (χ4v) is 4.76. The number of rotatable bonds is 9. The Kier molecular flexibility index (Phi) is 7.42. The van der Waals surface area contributed by atoms with Crippen LogP contribution in [0.4, 0.5) is 0 Å². The summed E-state index contributed by atoms with van der Waals surface area (Å²) in [5, 5.41) is 0.398. The topological polar surface area (TPSA) is 126 Å². The van der Waals surface area contributed by atoms with Gasteiger partial charge in [0.2, 0.25) is 12.3 Å². The van der Waals surface area contributed by atoms with Gasteiger partial charge in [0.1, 0.15) is 0 Å². The standard InChI is InChI=1S/C26H30N4O6/c1-35-22-7-4-18(14-23(22)36-2)15-29-25(33)20-13-17(5-8-24(27)32)3-6-21(20)30(26(29)34)19-9-11-28(16-31)12-10-19/h3-4,6-7,13-14,16,19H,5,8-12,15H2,1-2H3,(H2,27,32). The molecule has 1 aliphatic rings. The number of hydrogen-bond acceptors (Lipinski definition) is 6. The Bertz CT molecular complexity index is 1400. The van der Waals surface area contributed by atoms with Crippen molar-refractivity contribution in [1.29, 1.82) is 0 Å². The van der Waals surface area contributed by atoms with Gasteiger partial charge in [-0.25, -0.2) is 4.79 Å². The molecule has 0 atom stereocenters. The predicted molar refractivity (Wildman–Crippen MR) is 135 cm³/mol. The molecule has 3 aromatic rings. The van der Waals surface area contributed by atoms with Gasteiger partial charge in [0.05, 0.1) is 31.7 Å². The third-order valence-corrected chi connectivity index (χ3v) is 6.70. The number of hydrogen-bond donors (Lipinski definition) is 1. The number of primary amides is 1. The van der Waals surface area contributed by atoms with Gasteiger partial charge in [0.15, 0.2) is 11.5 Å². The van der Waals surface area contributed by atoms with Crippen molar-refractivity contribution < 1.29 is 19.1 Å². The monoisotopic (exact) mass is 494 g/mol. The molecule has 2 heterocycles. The molecule has 1 saturated heterocycles. The third kappa shape index (κ3) is 4.98. The van der Waals surface area contributed by atoms with Crippen LogP contribution in [0.1, 0.15) is 36.4 Å². The fraction of sp³-hybridized carbons (Fsp3) is 0.385. The maximum Gasteiger partial charge on any atom is 0.332 e. The number of methoxy groups -OCH3 is 2. The Morgan fingerprint density at radius 2 is 1.72 bits per heavy atom. The van der Waals surface area contributed by atoms with E-state index in [0.29, 0.717) is 60.3 Å². The maximum absolute atomic E-state index is 13.8. The minimum Gasteiger partial charge on any atom is -0.493 e. The van der Waals surface area contributed by atoms with Gasteiger partial charge in [-0.3, -0.25) is 23.5 Å². The van der Waals surface area contributed by atoms with Crippen molar-refractivity contribution in [2.75, 3.05) is 27.3 Å². The summed E-state index contributed by atoms with van der Waals surface area (Å²) in [5.41, 5.74) is 6.53. The number of nitrogens with zero attached hydrogens (tertiary/aromatic N) is 3. The van der Waals surface area contributed by atoms with Gasteiger partial charge in [-0.2, -0.15) is 0 Å². The van der Waals surface area contributed by atoms with E-state index in [-0.39, 0.29) is 19.0 Å². The maximum atomic E-state index is 13.8. The molecular formula is C26H30N4O6. The molecule has 36 heavy (non-hydrogen) atoms. The zero-order valence-corrected chi connectivity index (χ0v) is 20.4. The number of amides is 2. The highest BCUT2D eigenvalue weighted by atomic mass is 16.5. The lowest BCUT2D eigenvalue weighted by Gasteiger charge is -2.31. The van der Waals surface area contributed by atoms with Crippen LogP contribution in [-0.4, -0.2) is 53.7 Å². The number of aromatic nitrogens is 2. The SMILES string of the molecule is COc1ccc(Cn2c(=O)c3cc(CCC(N)=O)ccc3n(C3CCN(C=O)CC3)c2=O)cc1OC. The average molecular weight is 495 g/mol. The van der Waals surface area contributed by atoms with Crippen LogP contribution in [0.5, 0.6) is 11.5 Å². The minimum absolute atomic E-state index is 0.0483. The van der Waals surface area contributed by atoms with Crippen LogP contribution < -0.4 is 26.5 Å². The van der Waals surface area contributed by atoms with Crippen LogP contribution >= 0.6 is 0 Å². The van der Waals surface area contributed by atoms with Crippen LogP contribution in [0.2, 0.25) is 0 Å². The van der Waals surface area contributed by atoms with Crippen molar-refractivity contribution in [1.82, 2.24) is 14.0 Å². The zero-order valence-electron chi connectivity index (χ0n) is 20.4. The number of piperidine rings is 1. The number of nitrogens with two attached hydrogens (primary N) is 1. The second-order valence-corrected chi connectivity index (χ2v) is 8.92. The van der Waals surface area contributed by atoms with E-state index < -0.39 is 17.2 Å². The van der Waals surface area contributed by atoms with Crippen LogP contribution in [-0.2, 0) is 22.6 Å². The summed E-state index contributed by atoms with van der Waals surface area (Å²) in [4.78, 5) is 51.5. The highest BCUT2D eigenvalue weighted by molar-refractivity contribution is 5.79. The van der Waals surface area contributed by atoms with E-state index in [4.69, 9.17) is 15.2 Å². The van der Waals surface area contributed by atoms with Gasteiger partial charge in [-0.1, -0.05) is 12.1 Å². The van der Waals surface area contributed by atoms with Gasteiger partial charge < -0.3 is 20.1 Å². The van der Waals surface area contributed by atoms with Crippen molar-refractivity contribution in [2.24, 2.45) is 5.73 Å². The van der Waals surface area contributed by atoms with E-state index in [2.05, 4.69) is 0 Å². The number of likely N-dealkylation sites (tertiary alicyclic amines) is 1.